The fourth-order valence-corrected chi connectivity index (χ4v) is 2.05. The van der Waals surface area contributed by atoms with Gasteiger partial charge in [-0.05, 0) is 35.9 Å². The Kier molecular flexibility index (Phi) is 2.45. The second-order valence-corrected chi connectivity index (χ2v) is 4.10. The van der Waals surface area contributed by atoms with Gasteiger partial charge in [-0.1, -0.05) is 6.07 Å². The maximum Gasteiger partial charge on any atom is 0.339 e. The molecule has 2 heterocycles. The number of fused-ring (bicyclic) bond motifs is 1. The lowest BCUT2D eigenvalue weighted by atomic mass is 10.1. The highest BCUT2D eigenvalue weighted by Gasteiger charge is 2.12. The van der Waals surface area contributed by atoms with Crippen molar-refractivity contribution in [3.63, 3.8) is 0 Å². The molecule has 0 aliphatic heterocycles. The van der Waals surface area contributed by atoms with Crippen LogP contribution in [0.1, 0.15) is 10.4 Å². The molecule has 0 bridgehead atoms. The first-order chi connectivity index (χ1) is 9.16. The molecule has 94 valence electrons. The van der Waals surface area contributed by atoms with E-state index in [2.05, 4.69) is 4.98 Å². The number of carboxylic acids is 1. The lowest BCUT2D eigenvalue weighted by Crippen LogP contribution is -1.98. The highest BCUT2D eigenvalue weighted by atomic mass is 16.4. The topological polar surface area (TPSA) is 74.8 Å². The van der Waals surface area contributed by atoms with Crippen LogP contribution in [0.3, 0.4) is 0 Å². The molecule has 0 atom stereocenters. The molecule has 3 rings (SSSR count). The third kappa shape index (κ3) is 1.81. The standard InChI is InChI=1S/C14H10N2O3/c17-12-5-4-9(8-10(12)14(18)19)11-2-1-3-13-15-6-7-16(11)13/h1-8,17H,(H,18,19). The maximum atomic E-state index is 11.0. The minimum absolute atomic E-state index is 0.116. The van der Waals surface area contributed by atoms with Crippen LogP contribution in [0.4, 0.5) is 0 Å². The largest absolute Gasteiger partial charge is 0.507 e. The molecule has 19 heavy (non-hydrogen) atoms. The minimum Gasteiger partial charge on any atom is -0.507 e. The van der Waals surface area contributed by atoms with Gasteiger partial charge in [0, 0.05) is 12.4 Å². The van der Waals surface area contributed by atoms with Crippen LogP contribution in [0, 0.1) is 0 Å². The quantitative estimate of drug-likeness (QED) is 0.736. The number of imidazole rings is 1. The van der Waals surface area contributed by atoms with Crippen LogP contribution < -0.4 is 0 Å². The van der Waals surface area contributed by atoms with E-state index in [1.165, 1.54) is 12.1 Å². The van der Waals surface area contributed by atoms with Crippen LogP contribution in [-0.4, -0.2) is 25.6 Å². The Hall–Kier alpha value is -2.82. The molecule has 2 aromatic heterocycles. The van der Waals surface area contributed by atoms with E-state index in [4.69, 9.17) is 5.11 Å². The Labute approximate surface area is 108 Å². The SMILES string of the molecule is O=C(O)c1cc(-c2cccc3nccn23)ccc1O. The van der Waals surface area contributed by atoms with Crippen LogP contribution in [0.2, 0.25) is 0 Å². The molecule has 0 unspecified atom stereocenters. The van der Waals surface area contributed by atoms with Gasteiger partial charge in [0.15, 0.2) is 0 Å². The van der Waals surface area contributed by atoms with Crippen molar-refractivity contribution in [1.29, 1.82) is 0 Å². The second-order valence-electron chi connectivity index (χ2n) is 4.10. The summed E-state index contributed by atoms with van der Waals surface area (Å²) in [4.78, 5) is 15.2. The molecular weight excluding hydrogens is 244 g/mol. The number of carbonyl (C=O) groups is 1. The van der Waals surface area contributed by atoms with E-state index in [9.17, 15) is 9.90 Å². The van der Waals surface area contributed by atoms with Crippen molar-refractivity contribution in [2.75, 3.05) is 0 Å². The Bertz CT molecular complexity index is 777. The van der Waals surface area contributed by atoms with Crippen molar-refractivity contribution >= 4 is 11.6 Å². The lowest BCUT2D eigenvalue weighted by molar-refractivity contribution is 0.0694. The monoisotopic (exact) mass is 254 g/mol. The van der Waals surface area contributed by atoms with E-state index < -0.39 is 5.97 Å². The molecule has 0 spiro atoms. The lowest BCUT2D eigenvalue weighted by Gasteiger charge is -2.07. The van der Waals surface area contributed by atoms with Gasteiger partial charge in [-0.2, -0.15) is 0 Å². The van der Waals surface area contributed by atoms with Gasteiger partial charge in [-0.3, -0.25) is 4.40 Å². The first kappa shape index (κ1) is 11.3. The smallest absolute Gasteiger partial charge is 0.339 e. The van der Waals surface area contributed by atoms with Gasteiger partial charge >= 0.3 is 5.97 Å². The predicted molar refractivity (Wildman–Crippen MR) is 69.3 cm³/mol. The molecule has 0 saturated heterocycles. The summed E-state index contributed by atoms with van der Waals surface area (Å²) in [7, 11) is 0. The molecule has 0 radical (unpaired) electrons. The number of hydrogen-bond donors (Lipinski definition) is 2. The molecule has 0 saturated carbocycles. The summed E-state index contributed by atoms with van der Waals surface area (Å²) in [5, 5.41) is 18.6. The van der Waals surface area contributed by atoms with E-state index in [-0.39, 0.29) is 11.3 Å². The number of aromatic nitrogens is 2. The number of phenols is 1. The number of rotatable bonds is 2. The summed E-state index contributed by atoms with van der Waals surface area (Å²) < 4.78 is 1.86. The van der Waals surface area contributed by atoms with E-state index in [0.29, 0.717) is 5.56 Å². The van der Waals surface area contributed by atoms with E-state index >= 15 is 0 Å². The van der Waals surface area contributed by atoms with Crippen molar-refractivity contribution in [3.05, 3.63) is 54.4 Å². The van der Waals surface area contributed by atoms with Crippen LogP contribution >= 0.6 is 0 Å². The van der Waals surface area contributed by atoms with E-state index in [1.54, 1.807) is 18.5 Å². The van der Waals surface area contributed by atoms with Crippen LogP contribution in [0.15, 0.2) is 48.8 Å². The molecule has 0 amide bonds. The average Bonchev–Trinajstić information content (AvgIpc) is 2.87. The molecule has 2 N–H and O–H groups in total. The number of nitrogens with zero attached hydrogens (tertiary/aromatic N) is 2. The van der Waals surface area contributed by atoms with Crippen LogP contribution in [-0.2, 0) is 0 Å². The molecule has 0 aliphatic carbocycles. The Morgan fingerprint density at radius 1 is 1.21 bits per heavy atom. The van der Waals surface area contributed by atoms with E-state index in [0.717, 1.165) is 11.3 Å². The second kappa shape index (κ2) is 4.13. The first-order valence-electron chi connectivity index (χ1n) is 5.65. The van der Waals surface area contributed by atoms with Gasteiger partial charge in [-0.25, -0.2) is 9.78 Å². The highest BCUT2D eigenvalue weighted by Crippen LogP contribution is 2.26. The molecular formula is C14H10N2O3. The zero-order valence-corrected chi connectivity index (χ0v) is 9.82. The Balaban J connectivity index is 2.24. The fourth-order valence-electron chi connectivity index (χ4n) is 2.05. The summed E-state index contributed by atoms with van der Waals surface area (Å²) in [6.07, 6.45) is 3.48. The number of aromatic carboxylic acids is 1. The number of benzene rings is 1. The average molecular weight is 254 g/mol. The van der Waals surface area contributed by atoms with Crippen molar-refractivity contribution in [2.45, 2.75) is 0 Å². The zero-order valence-electron chi connectivity index (χ0n) is 9.82. The predicted octanol–water partition coefficient (Wildman–Crippen LogP) is 2.41. The maximum absolute atomic E-state index is 11.0. The number of carboxylic acid groups (broad SMARTS) is 1. The summed E-state index contributed by atoms with van der Waals surface area (Å²) in [5.74, 6) is -1.40. The molecule has 0 aliphatic rings. The number of hydrogen-bond acceptors (Lipinski definition) is 3. The van der Waals surface area contributed by atoms with E-state index in [1.807, 2.05) is 22.6 Å². The first-order valence-corrected chi connectivity index (χ1v) is 5.65. The van der Waals surface area contributed by atoms with Crippen molar-refractivity contribution in [1.82, 2.24) is 9.38 Å². The molecule has 5 heteroatoms. The van der Waals surface area contributed by atoms with Gasteiger partial charge in [0.25, 0.3) is 0 Å². The number of aromatic hydroxyl groups is 1. The Morgan fingerprint density at radius 3 is 2.84 bits per heavy atom. The number of pyridine rings is 1. The van der Waals surface area contributed by atoms with Gasteiger partial charge < -0.3 is 10.2 Å². The summed E-state index contributed by atoms with van der Waals surface area (Å²) >= 11 is 0. The van der Waals surface area contributed by atoms with Crippen molar-refractivity contribution < 1.29 is 15.0 Å². The highest BCUT2D eigenvalue weighted by molar-refractivity contribution is 5.92. The van der Waals surface area contributed by atoms with Gasteiger partial charge in [-0.15, -0.1) is 0 Å². The summed E-state index contributed by atoms with van der Waals surface area (Å²) in [6, 6.07) is 10.1. The molecule has 5 nitrogen and oxygen atoms in total. The summed E-state index contributed by atoms with van der Waals surface area (Å²) in [6.45, 7) is 0. The van der Waals surface area contributed by atoms with Gasteiger partial charge in [0.1, 0.15) is 17.0 Å². The van der Waals surface area contributed by atoms with Crippen molar-refractivity contribution in [3.8, 4) is 17.0 Å². The van der Waals surface area contributed by atoms with Crippen LogP contribution in [0.5, 0.6) is 5.75 Å². The minimum atomic E-state index is -1.16. The normalized spacial score (nSPS) is 10.7. The van der Waals surface area contributed by atoms with Gasteiger partial charge in [0.05, 0.1) is 5.69 Å². The van der Waals surface area contributed by atoms with Gasteiger partial charge in [0.2, 0.25) is 0 Å². The molecule has 0 fully saturated rings. The molecule has 3 aromatic rings. The third-order valence-electron chi connectivity index (χ3n) is 2.95. The van der Waals surface area contributed by atoms with Crippen molar-refractivity contribution in [2.24, 2.45) is 0 Å². The fraction of sp³-hybridized carbons (Fsp3) is 0. The summed E-state index contributed by atoms with van der Waals surface area (Å²) in [5.41, 5.74) is 2.19. The third-order valence-corrected chi connectivity index (χ3v) is 2.95. The Morgan fingerprint density at radius 2 is 2.05 bits per heavy atom. The zero-order chi connectivity index (χ0) is 13.4. The molecule has 1 aromatic carbocycles. The van der Waals surface area contributed by atoms with Crippen LogP contribution in [0.25, 0.3) is 16.9 Å².